The molecule has 1 aliphatic rings. The van der Waals surface area contributed by atoms with Crippen molar-refractivity contribution >= 4 is 16.0 Å². The van der Waals surface area contributed by atoms with Gasteiger partial charge >= 0.3 is 0 Å². The van der Waals surface area contributed by atoms with Crippen LogP contribution in [0.25, 0.3) is 0 Å². The van der Waals surface area contributed by atoms with Crippen LogP contribution in [0, 0.1) is 5.92 Å². The molecule has 0 saturated carbocycles. The molecule has 6 heteroatoms. The molecule has 1 heterocycles. The van der Waals surface area contributed by atoms with Gasteiger partial charge in [0.15, 0.2) is 0 Å². The molecule has 0 aromatic carbocycles. The minimum Gasteiger partial charge on any atom is -0.300 e. The first-order valence-electron chi connectivity index (χ1n) is 5.18. The number of hydrogen-bond donors (Lipinski definition) is 1. The minimum absolute atomic E-state index is 0.144. The number of ketones is 1. The summed E-state index contributed by atoms with van der Waals surface area (Å²) >= 11 is 0. The molecule has 88 valence electrons. The Labute approximate surface area is 91.0 Å². The van der Waals surface area contributed by atoms with Crippen molar-refractivity contribution in [3.63, 3.8) is 0 Å². The average Bonchev–Trinajstić information content (AvgIpc) is 2.16. The molecule has 15 heavy (non-hydrogen) atoms. The van der Waals surface area contributed by atoms with Crippen LogP contribution in [-0.2, 0) is 15.0 Å². The van der Waals surface area contributed by atoms with Crippen molar-refractivity contribution < 1.29 is 13.2 Å². The first-order chi connectivity index (χ1) is 6.92. The van der Waals surface area contributed by atoms with E-state index in [2.05, 4.69) is 4.72 Å². The first-order valence-corrected chi connectivity index (χ1v) is 6.62. The Kier molecular flexibility index (Phi) is 4.24. The van der Waals surface area contributed by atoms with Gasteiger partial charge in [0.05, 0.1) is 0 Å². The van der Waals surface area contributed by atoms with Crippen LogP contribution in [0.4, 0.5) is 0 Å². The first kappa shape index (κ1) is 12.6. The van der Waals surface area contributed by atoms with Gasteiger partial charge in [0.2, 0.25) is 0 Å². The Hall–Kier alpha value is -0.460. The number of piperidine rings is 1. The van der Waals surface area contributed by atoms with Crippen molar-refractivity contribution in [3.8, 4) is 0 Å². The van der Waals surface area contributed by atoms with Crippen LogP contribution >= 0.6 is 0 Å². The maximum absolute atomic E-state index is 11.7. The Balaban J connectivity index is 2.50. The zero-order valence-corrected chi connectivity index (χ0v) is 10.0. The van der Waals surface area contributed by atoms with Crippen molar-refractivity contribution in [1.29, 1.82) is 0 Å². The highest BCUT2D eigenvalue weighted by Gasteiger charge is 2.26. The van der Waals surface area contributed by atoms with Crippen LogP contribution in [0.3, 0.4) is 0 Å². The number of nitrogens with zero attached hydrogens (tertiary/aromatic N) is 1. The van der Waals surface area contributed by atoms with E-state index in [0.29, 0.717) is 32.5 Å². The van der Waals surface area contributed by atoms with E-state index in [0.717, 1.165) is 0 Å². The molecule has 0 aromatic rings. The lowest BCUT2D eigenvalue weighted by molar-refractivity contribution is -0.120. The van der Waals surface area contributed by atoms with Gasteiger partial charge in [-0.25, -0.2) is 4.72 Å². The Morgan fingerprint density at radius 2 is 1.87 bits per heavy atom. The fourth-order valence-corrected chi connectivity index (χ4v) is 2.73. The Bertz CT molecular complexity index is 314. The third-order valence-corrected chi connectivity index (χ3v) is 3.87. The zero-order chi connectivity index (χ0) is 11.5. The molecule has 0 spiro atoms. The van der Waals surface area contributed by atoms with Crippen molar-refractivity contribution in [3.05, 3.63) is 0 Å². The summed E-state index contributed by atoms with van der Waals surface area (Å²) in [6.45, 7) is 4.95. The fourth-order valence-electron chi connectivity index (χ4n) is 1.34. The monoisotopic (exact) mass is 234 g/mol. The van der Waals surface area contributed by atoms with Crippen molar-refractivity contribution in [2.45, 2.75) is 26.7 Å². The number of carbonyl (C=O) groups excluding carboxylic acids is 1. The van der Waals surface area contributed by atoms with E-state index in [9.17, 15) is 13.2 Å². The highest BCUT2D eigenvalue weighted by molar-refractivity contribution is 7.87. The number of nitrogens with one attached hydrogen (secondary N) is 1. The summed E-state index contributed by atoms with van der Waals surface area (Å²) < 4.78 is 27.3. The number of carbonyl (C=O) groups is 1. The summed E-state index contributed by atoms with van der Waals surface area (Å²) in [5.41, 5.74) is 0. The molecule has 1 aliphatic heterocycles. The van der Waals surface area contributed by atoms with Crippen molar-refractivity contribution in [1.82, 2.24) is 9.03 Å². The Morgan fingerprint density at radius 3 is 2.33 bits per heavy atom. The van der Waals surface area contributed by atoms with E-state index in [1.54, 1.807) is 0 Å². The molecule has 0 aliphatic carbocycles. The molecule has 1 rings (SSSR count). The van der Waals surface area contributed by atoms with E-state index < -0.39 is 10.2 Å². The van der Waals surface area contributed by atoms with E-state index in [-0.39, 0.29) is 11.7 Å². The predicted molar refractivity (Wildman–Crippen MR) is 57.6 cm³/mol. The lowest BCUT2D eigenvalue weighted by Gasteiger charge is -2.25. The molecule has 0 bridgehead atoms. The molecule has 5 nitrogen and oxygen atoms in total. The third kappa shape index (κ3) is 3.89. The summed E-state index contributed by atoms with van der Waals surface area (Å²) in [7, 11) is -3.37. The van der Waals surface area contributed by atoms with Gasteiger partial charge in [-0.3, -0.25) is 4.79 Å². The summed E-state index contributed by atoms with van der Waals surface area (Å²) in [5.74, 6) is 0.427. The van der Waals surface area contributed by atoms with Gasteiger partial charge in [0.25, 0.3) is 10.2 Å². The largest absolute Gasteiger partial charge is 0.300 e. The molecular weight excluding hydrogens is 216 g/mol. The second-order valence-corrected chi connectivity index (χ2v) is 5.94. The van der Waals surface area contributed by atoms with E-state index in [4.69, 9.17) is 0 Å². The summed E-state index contributed by atoms with van der Waals surface area (Å²) in [5, 5.41) is 0. The van der Waals surface area contributed by atoms with Crippen LogP contribution in [0.15, 0.2) is 0 Å². The zero-order valence-electron chi connectivity index (χ0n) is 9.19. The summed E-state index contributed by atoms with van der Waals surface area (Å²) in [6, 6.07) is 0. The van der Waals surface area contributed by atoms with Crippen LogP contribution in [0.1, 0.15) is 26.7 Å². The molecular formula is C9H18N2O3S. The quantitative estimate of drug-likeness (QED) is 0.752. The standard InChI is InChI=1S/C9H18N2O3S/c1-8(2)7-10-15(13,14)11-5-3-9(12)4-6-11/h8,10H,3-7H2,1-2H3. The second kappa shape index (κ2) is 5.05. The minimum atomic E-state index is -3.37. The van der Waals surface area contributed by atoms with Crippen LogP contribution in [0.2, 0.25) is 0 Å². The van der Waals surface area contributed by atoms with Crippen LogP contribution < -0.4 is 4.72 Å². The van der Waals surface area contributed by atoms with Crippen LogP contribution in [-0.4, -0.2) is 38.1 Å². The van der Waals surface area contributed by atoms with E-state index in [1.165, 1.54) is 4.31 Å². The van der Waals surface area contributed by atoms with Crippen molar-refractivity contribution in [2.75, 3.05) is 19.6 Å². The number of hydrogen-bond acceptors (Lipinski definition) is 3. The van der Waals surface area contributed by atoms with E-state index in [1.807, 2.05) is 13.8 Å². The predicted octanol–water partition coefficient (Wildman–Crippen LogP) is 0.142. The average molecular weight is 234 g/mol. The third-order valence-electron chi connectivity index (χ3n) is 2.29. The van der Waals surface area contributed by atoms with Gasteiger partial charge in [0.1, 0.15) is 5.78 Å². The van der Waals surface area contributed by atoms with Gasteiger partial charge < -0.3 is 0 Å². The Morgan fingerprint density at radius 1 is 1.33 bits per heavy atom. The summed E-state index contributed by atoms with van der Waals surface area (Å²) in [6.07, 6.45) is 0.672. The molecule has 0 unspecified atom stereocenters. The fraction of sp³-hybridized carbons (Fsp3) is 0.889. The lowest BCUT2D eigenvalue weighted by Crippen LogP contribution is -2.45. The molecule has 0 atom stereocenters. The molecule has 0 radical (unpaired) electrons. The summed E-state index contributed by atoms with van der Waals surface area (Å²) in [4.78, 5) is 11.0. The SMILES string of the molecule is CC(C)CNS(=O)(=O)N1CCC(=O)CC1. The normalized spacial score (nSPS) is 19.8. The maximum Gasteiger partial charge on any atom is 0.279 e. The van der Waals surface area contributed by atoms with E-state index >= 15 is 0 Å². The van der Waals surface area contributed by atoms with Gasteiger partial charge in [-0.15, -0.1) is 0 Å². The van der Waals surface area contributed by atoms with Gasteiger partial charge in [-0.1, -0.05) is 13.8 Å². The smallest absolute Gasteiger partial charge is 0.279 e. The highest BCUT2D eigenvalue weighted by atomic mass is 32.2. The van der Waals surface area contributed by atoms with Gasteiger partial charge in [0, 0.05) is 32.5 Å². The number of rotatable bonds is 4. The molecule has 1 N–H and O–H groups in total. The van der Waals surface area contributed by atoms with Crippen molar-refractivity contribution in [2.24, 2.45) is 5.92 Å². The lowest BCUT2D eigenvalue weighted by atomic mass is 10.1. The maximum atomic E-state index is 11.7. The van der Waals surface area contributed by atoms with Gasteiger partial charge in [-0.05, 0) is 5.92 Å². The van der Waals surface area contributed by atoms with Crippen LogP contribution in [0.5, 0.6) is 0 Å². The highest BCUT2D eigenvalue weighted by Crippen LogP contribution is 2.09. The topological polar surface area (TPSA) is 66.5 Å². The molecule has 1 fully saturated rings. The molecule has 1 saturated heterocycles. The molecule has 0 amide bonds. The van der Waals surface area contributed by atoms with Gasteiger partial charge in [-0.2, -0.15) is 12.7 Å². The molecule has 0 aromatic heterocycles. The number of Topliss-reactive ketones (excluding diaryl/α,β-unsaturated/α-hetero) is 1. The second-order valence-electron chi connectivity index (χ2n) is 4.19.